The van der Waals surface area contributed by atoms with Crippen LogP contribution >= 0.6 is 11.8 Å². The van der Waals surface area contributed by atoms with E-state index in [2.05, 4.69) is 29.1 Å². The minimum atomic E-state index is -3.95. The van der Waals surface area contributed by atoms with Gasteiger partial charge < -0.3 is 19.9 Å². The Bertz CT molecular complexity index is 1990. The maximum absolute atomic E-state index is 13.5. The maximum atomic E-state index is 13.5. The minimum Gasteiger partial charge on any atom is -0.392 e. The Morgan fingerprint density at radius 3 is 2.04 bits per heavy atom. The SMILES string of the molecule is Cc1ccc(S(=O)(=O)N[C@H](Cc2ccccc2)C(=O)NCc2ccc([C@@H]3O[C@H](CSc4ccccc4)[C@H](C)[C@H](c4ccc(CO)cc4)O3)cc2)cc1. The molecule has 0 unspecified atom stereocenters. The van der Waals surface area contributed by atoms with Crippen LogP contribution in [0.1, 0.15) is 52.7 Å². The molecule has 0 spiro atoms. The summed E-state index contributed by atoms with van der Waals surface area (Å²) in [5.41, 5.74) is 5.33. The van der Waals surface area contributed by atoms with Crippen LogP contribution < -0.4 is 10.0 Å². The van der Waals surface area contributed by atoms with Crippen molar-refractivity contribution in [3.8, 4) is 0 Å². The van der Waals surface area contributed by atoms with Gasteiger partial charge in [-0.25, -0.2) is 8.42 Å². The zero-order valence-corrected chi connectivity index (χ0v) is 30.9. The van der Waals surface area contributed by atoms with Crippen molar-refractivity contribution in [2.75, 3.05) is 5.75 Å². The molecule has 5 aromatic rings. The van der Waals surface area contributed by atoms with E-state index >= 15 is 0 Å². The monoisotopic (exact) mass is 736 g/mol. The molecule has 8 nitrogen and oxygen atoms in total. The van der Waals surface area contributed by atoms with Gasteiger partial charge in [0.1, 0.15) is 6.04 Å². The van der Waals surface area contributed by atoms with E-state index in [1.54, 1.807) is 23.9 Å². The van der Waals surface area contributed by atoms with Crippen molar-refractivity contribution in [3.63, 3.8) is 0 Å². The van der Waals surface area contributed by atoms with E-state index in [0.717, 1.165) is 39.1 Å². The maximum Gasteiger partial charge on any atom is 0.241 e. The minimum absolute atomic E-state index is 0.0209. The molecule has 0 aliphatic carbocycles. The first-order valence-electron chi connectivity index (χ1n) is 17.4. The third kappa shape index (κ3) is 9.77. The molecule has 3 N–H and O–H groups in total. The Hall–Kier alpha value is -4.29. The Labute approximate surface area is 310 Å². The molecular weight excluding hydrogens is 693 g/mol. The van der Waals surface area contributed by atoms with Crippen LogP contribution in [0.25, 0.3) is 0 Å². The van der Waals surface area contributed by atoms with E-state index in [9.17, 15) is 18.3 Å². The highest BCUT2D eigenvalue weighted by molar-refractivity contribution is 7.99. The highest BCUT2D eigenvalue weighted by Crippen LogP contribution is 2.43. The zero-order valence-electron chi connectivity index (χ0n) is 29.2. The number of sulfonamides is 1. The molecule has 52 heavy (non-hydrogen) atoms. The van der Waals surface area contributed by atoms with Crippen molar-refractivity contribution < 1.29 is 27.8 Å². The fourth-order valence-electron chi connectivity index (χ4n) is 6.12. The van der Waals surface area contributed by atoms with Gasteiger partial charge in [0.2, 0.25) is 15.9 Å². The number of carbonyl (C=O) groups excluding carboxylic acids is 1. The highest BCUT2D eigenvalue weighted by atomic mass is 32.2. The lowest BCUT2D eigenvalue weighted by Gasteiger charge is -2.41. The van der Waals surface area contributed by atoms with E-state index in [0.29, 0.717) is 0 Å². The molecule has 0 aromatic heterocycles. The lowest BCUT2D eigenvalue weighted by molar-refractivity contribution is -0.268. The molecule has 1 aliphatic rings. The molecule has 5 aromatic carbocycles. The fourth-order valence-corrected chi connectivity index (χ4v) is 8.40. The number of aliphatic hydroxyl groups is 1. The van der Waals surface area contributed by atoms with Gasteiger partial charge in [-0.15, -0.1) is 11.8 Å². The molecular formula is C42H44N2O6S2. The lowest BCUT2D eigenvalue weighted by atomic mass is 9.91. The summed E-state index contributed by atoms with van der Waals surface area (Å²) in [6.07, 6.45) is -0.748. The molecule has 10 heteroatoms. The van der Waals surface area contributed by atoms with Gasteiger partial charge in [0.15, 0.2) is 6.29 Å². The first-order valence-corrected chi connectivity index (χ1v) is 19.8. The Morgan fingerprint density at radius 1 is 0.769 bits per heavy atom. The molecule has 0 bridgehead atoms. The van der Waals surface area contributed by atoms with Gasteiger partial charge in [-0.05, 0) is 59.9 Å². The second kappa shape index (κ2) is 17.5. The third-order valence-corrected chi connectivity index (χ3v) is 11.8. The summed E-state index contributed by atoms with van der Waals surface area (Å²) in [6.45, 7) is 4.22. The predicted molar refractivity (Wildman–Crippen MR) is 204 cm³/mol. The van der Waals surface area contributed by atoms with Crippen molar-refractivity contribution in [3.05, 3.63) is 167 Å². The fraction of sp³-hybridized carbons (Fsp3) is 0.262. The quantitative estimate of drug-likeness (QED) is 0.103. The first-order chi connectivity index (χ1) is 25.2. The highest BCUT2D eigenvalue weighted by Gasteiger charge is 2.38. The average molecular weight is 737 g/mol. The van der Waals surface area contributed by atoms with E-state index < -0.39 is 28.3 Å². The average Bonchev–Trinajstić information content (AvgIpc) is 3.17. The van der Waals surface area contributed by atoms with Crippen molar-refractivity contribution in [2.24, 2.45) is 5.92 Å². The number of carbonyl (C=O) groups is 1. The summed E-state index contributed by atoms with van der Waals surface area (Å²) >= 11 is 1.75. The zero-order chi connectivity index (χ0) is 36.5. The molecule has 6 rings (SSSR count). The van der Waals surface area contributed by atoms with Crippen LogP contribution in [-0.2, 0) is 43.9 Å². The van der Waals surface area contributed by atoms with Crippen LogP contribution in [-0.4, -0.2) is 37.3 Å². The van der Waals surface area contributed by atoms with Crippen LogP contribution in [0.4, 0.5) is 0 Å². The predicted octanol–water partition coefficient (Wildman–Crippen LogP) is 7.28. The van der Waals surface area contributed by atoms with Gasteiger partial charge in [-0.2, -0.15) is 4.72 Å². The van der Waals surface area contributed by atoms with Gasteiger partial charge in [-0.3, -0.25) is 4.79 Å². The van der Waals surface area contributed by atoms with Crippen LogP contribution in [0.15, 0.2) is 143 Å². The largest absolute Gasteiger partial charge is 0.392 e. The molecule has 1 heterocycles. The number of aryl methyl sites for hydroxylation is 1. The van der Waals surface area contributed by atoms with Crippen LogP contribution in [0.3, 0.4) is 0 Å². The standard InChI is InChI=1S/C42H44N2O6S2/c1-29-13-23-37(24-14-29)52(47,48)44-38(25-31-9-5-3-6-10-31)41(46)43-26-32-15-21-35(22-16-32)42-49-39(28-51-36-11-7-4-8-12-36)30(2)40(50-42)34-19-17-33(27-45)18-20-34/h3-24,30,38-40,42,44-45H,25-28H2,1-2H3,(H,43,46)/t30-,38+,39+,40+,42+/m0/s1. The number of nitrogens with one attached hydrogen (secondary N) is 2. The molecule has 1 aliphatic heterocycles. The normalized spacial score (nSPS) is 19.5. The summed E-state index contributed by atoms with van der Waals surface area (Å²) in [6, 6.07) is 40.7. The number of hydrogen-bond acceptors (Lipinski definition) is 7. The molecule has 0 radical (unpaired) electrons. The number of benzene rings is 5. The third-order valence-electron chi connectivity index (χ3n) is 9.23. The van der Waals surface area contributed by atoms with E-state index in [4.69, 9.17) is 9.47 Å². The van der Waals surface area contributed by atoms with E-state index in [1.165, 1.54) is 17.0 Å². The smallest absolute Gasteiger partial charge is 0.241 e. The molecule has 5 atom stereocenters. The summed E-state index contributed by atoms with van der Waals surface area (Å²) in [4.78, 5) is 14.8. The summed E-state index contributed by atoms with van der Waals surface area (Å²) in [5, 5.41) is 12.5. The van der Waals surface area contributed by atoms with Gasteiger partial charge in [0, 0.05) is 28.7 Å². The van der Waals surface area contributed by atoms with Gasteiger partial charge in [0.25, 0.3) is 0 Å². The van der Waals surface area contributed by atoms with Crippen LogP contribution in [0, 0.1) is 12.8 Å². The Balaban J connectivity index is 1.15. The summed E-state index contributed by atoms with van der Waals surface area (Å²) < 4.78 is 42.4. The second-order valence-electron chi connectivity index (χ2n) is 13.1. The first kappa shape index (κ1) is 37.5. The second-order valence-corrected chi connectivity index (χ2v) is 15.9. The topological polar surface area (TPSA) is 114 Å². The van der Waals surface area contributed by atoms with Crippen LogP contribution in [0.5, 0.6) is 0 Å². The number of thioether (sulfide) groups is 1. The summed E-state index contributed by atoms with van der Waals surface area (Å²) in [5.74, 6) is 0.387. The van der Waals surface area contributed by atoms with E-state index in [-0.39, 0.29) is 42.6 Å². The van der Waals surface area contributed by atoms with Crippen molar-refractivity contribution in [1.29, 1.82) is 0 Å². The van der Waals surface area contributed by atoms with Gasteiger partial charge >= 0.3 is 0 Å². The number of hydrogen-bond donors (Lipinski definition) is 3. The molecule has 0 saturated carbocycles. The molecule has 1 amide bonds. The molecule has 270 valence electrons. The summed E-state index contributed by atoms with van der Waals surface area (Å²) in [7, 11) is -3.95. The Morgan fingerprint density at radius 2 is 1.38 bits per heavy atom. The number of amides is 1. The lowest BCUT2D eigenvalue weighted by Crippen LogP contribution is -2.47. The molecule has 1 fully saturated rings. The van der Waals surface area contributed by atoms with Crippen molar-refractivity contribution >= 4 is 27.7 Å². The number of ether oxygens (including phenoxy) is 2. The Kier molecular flexibility index (Phi) is 12.6. The van der Waals surface area contributed by atoms with Gasteiger partial charge in [0.05, 0.1) is 23.7 Å². The molecule has 1 saturated heterocycles. The van der Waals surface area contributed by atoms with E-state index in [1.807, 2.05) is 104 Å². The van der Waals surface area contributed by atoms with Gasteiger partial charge in [-0.1, -0.05) is 122 Å². The van der Waals surface area contributed by atoms with Crippen LogP contribution in [0.2, 0.25) is 0 Å². The van der Waals surface area contributed by atoms with Crippen molar-refractivity contribution in [2.45, 2.75) is 67.8 Å². The number of aliphatic hydroxyl groups excluding tert-OH is 1. The van der Waals surface area contributed by atoms with Crippen molar-refractivity contribution in [1.82, 2.24) is 10.0 Å². The number of rotatable bonds is 14.